The molecule has 0 amide bonds. The average molecular weight is 277 g/mol. The monoisotopic (exact) mass is 277 g/mol. The Kier molecular flexibility index (Phi) is 5.40. The lowest BCUT2D eigenvalue weighted by Crippen LogP contribution is -2.45. The number of nitrogens with two attached hydrogens (primary N) is 1. The van der Waals surface area contributed by atoms with Crippen molar-refractivity contribution in [1.29, 1.82) is 0 Å². The van der Waals surface area contributed by atoms with Crippen LogP contribution in [-0.2, 0) is 0 Å². The summed E-state index contributed by atoms with van der Waals surface area (Å²) in [6.07, 6.45) is 0. The molecule has 1 aromatic carbocycles. The first kappa shape index (κ1) is 15.3. The van der Waals surface area contributed by atoms with Crippen molar-refractivity contribution in [3.8, 4) is 5.75 Å². The fraction of sp³-hybridized carbons (Fsp3) is 0.625. The van der Waals surface area contributed by atoms with Gasteiger partial charge in [0.15, 0.2) is 0 Å². The van der Waals surface area contributed by atoms with E-state index in [1.54, 1.807) is 0 Å². The lowest BCUT2D eigenvalue weighted by Gasteiger charge is -2.32. The molecule has 1 heterocycles. The minimum absolute atomic E-state index is 0.0769. The molecule has 1 unspecified atom stereocenters. The number of nitrogens with zero attached hydrogens (tertiary/aromatic N) is 2. The Morgan fingerprint density at radius 2 is 1.95 bits per heavy atom. The van der Waals surface area contributed by atoms with Crippen molar-refractivity contribution in [2.24, 2.45) is 5.73 Å². The largest absolute Gasteiger partial charge is 0.492 e. The van der Waals surface area contributed by atoms with Gasteiger partial charge >= 0.3 is 0 Å². The van der Waals surface area contributed by atoms with Gasteiger partial charge in [0.2, 0.25) is 0 Å². The zero-order valence-electron chi connectivity index (χ0n) is 12.9. The Balaban J connectivity index is 1.79. The highest BCUT2D eigenvalue weighted by Crippen LogP contribution is 2.21. The van der Waals surface area contributed by atoms with Crippen LogP contribution in [0.1, 0.15) is 24.1 Å². The van der Waals surface area contributed by atoms with Gasteiger partial charge in [-0.2, -0.15) is 0 Å². The van der Waals surface area contributed by atoms with Crippen molar-refractivity contribution in [3.05, 3.63) is 29.3 Å². The van der Waals surface area contributed by atoms with Crippen LogP contribution in [0.2, 0.25) is 0 Å². The number of ether oxygens (including phenoxy) is 1. The normalized spacial score (nSPS) is 19.0. The molecular weight excluding hydrogens is 250 g/mol. The van der Waals surface area contributed by atoms with Gasteiger partial charge in [-0.1, -0.05) is 12.1 Å². The van der Waals surface area contributed by atoms with Crippen molar-refractivity contribution in [1.82, 2.24) is 9.80 Å². The van der Waals surface area contributed by atoms with Crippen LogP contribution in [0.25, 0.3) is 0 Å². The van der Waals surface area contributed by atoms with Crippen LogP contribution >= 0.6 is 0 Å². The van der Waals surface area contributed by atoms with Crippen molar-refractivity contribution >= 4 is 0 Å². The summed E-state index contributed by atoms with van der Waals surface area (Å²) in [6.45, 7) is 10.4. The van der Waals surface area contributed by atoms with Crippen LogP contribution in [0.15, 0.2) is 18.2 Å². The molecule has 4 heteroatoms. The van der Waals surface area contributed by atoms with Crippen molar-refractivity contribution in [3.63, 3.8) is 0 Å². The maximum Gasteiger partial charge on any atom is 0.122 e. The summed E-state index contributed by atoms with van der Waals surface area (Å²) in [5.74, 6) is 0.975. The van der Waals surface area contributed by atoms with E-state index in [-0.39, 0.29) is 6.04 Å². The minimum Gasteiger partial charge on any atom is -0.492 e. The Morgan fingerprint density at radius 1 is 1.25 bits per heavy atom. The molecule has 4 nitrogen and oxygen atoms in total. The number of likely N-dealkylation sites (N-methyl/N-ethyl adjacent to an activating group) is 1. The Morgan fingerprint density at radius 3 is 2.55 bits per heavy atom. The Hall–Kier alpha value is -1.10. The van der Waals surface area contributed by atoms with E-state index in [1.807, 2.05) is 13.0 Å². The maximum absolute atomic E-state index is 5.91. The highest BCUT2D eigenvalue weighted by atomic mass is 16.5. The van der Waals surface area contributed by atoms with Crippen molar-refractivity contribution in [2.75, 3.05) is 46.4 Å². The molecule has 2 rings (SSSR count). The summed E-state index contributed by atoms with van der Waals surface area (Å²) in [4.78, 5) is 4.83. The summed E-state index contributed by atoms with van der Waals surface area (Å²) in [6, 6.07) is 6.30. The zero-order valence-corrected chi connectivity index (χ0v) is 12.9. The lowest BCUT2D eigenvalue weighted by atomic mass is 10.1. The molecule has 0 aromatic heterocycles. The van der Waals surface area contributed by atoms with Crippen molar-refractivity contribution < 1.29 is 4.74 Å². The van der Waals surface area contributed by atoms with Crippen LogP contribution in [0, 0.1) is 6.92 Å². The quantitative estimate of drug-likeness (QED) is 0.888. The molecule has 1 aliphatic heterocycles. The van der Waals surface area contributed by atoms with E-state index >= 15 is 0 Å². The zero-order chi connectivity index (χ0) is 14.5. The summed E-state index contributed by atoms with van der Waals surface area (Å²) in [7, 11) is 2.18. The fourth-order valence-electron chi connectivity index (χ4n) is 2.47. The van der Waals surface area contributed by atoms with Crippen LogP contribution in [0.5, 0.6) is 5.75 Å². The molecule has 1 aromatic rings. The van der Waals surface area contributed by atoms with E-state index in [0.717, 1.165) is 56.2 Å². The van der Waals surface area contributed by atoms with Gasteiger partial charge in [-0.05, 0) is 38.1 Å². The smallest absolute Gasteiger partial charge is 0.122 e. The molecule has 0 aliphatic carbocycles. The highest BCUT2D eigenvalue weighted by Gasteiger charge is 2.13. The van der Waals surface area contributed by atoms with Crippen LogP contribution < -0.4 is 10.5 Å². The Bertz CT molecular complexity index is 426. The standard InChI is InChI=1S/C16H27N3O/c1-13-12-15(14(2)17)4-5-16(13)20-11-10-19-8-6-18(3)7-9-19/h4-5,12,14H,6-11,17H2,1-3H3. The summed E-state index contributed by atoms with van der Waals surface area (Å²) in [5.41, 5.74) is 8.22. The molecular formula is C16H27N3O. The number of aryl methyl sites for hydroxylation is 1. The third kappa shape index (κ3) is 4.20. The second-order valence-corrected chi connectivity index (χ2v) is 5.81. The fourth-order valence-corrected chi connectivity index (χ4v) is 2.47. The number of hydrogen-bond donors (Lipinski definition) is 1. The predicted molar refractivity (Wildman–Crippen MR) is 83.2 cm³/mol. The van der Waals surface area contributed by atoms with E-state index in [4.69, 9.17) is 10.5 Å². The third-order valence-corrected chi connectivity index (χ3v) is 3.99. The van der Waals surface area contributed by atoms with Gasteiger partial charge in [0.25, 0.3) is 0 Å². The van der Waals surface area contributed by atoms with E-state index < -0.39 is 0 Å². The van der Waals surface area contributed by atoms with E-state index in [0.29, 0.717) is 0 Å². The molecule has 0 radical (unpaired) electrons. The molecule has 2 N–H and O–H groups in total. The highest BCUT2D eigenvalue weighted by molar-refractivity contribution is 5.37. The maximum atomic E-state index is 5.91. The van der Waals surface area contributed by atoms with Gasteiger partial charge in [0.1, 0.15) is 12.4 Å². The first-order chi connectivity index (χ1) is 9.56. The second kappa shape index (κ2) is 7.07. The van der Waals surface area contributed by atoms with Crippen LogP contribution in [0.3, 0.4) is 0 Å². The van der Waals surface area contributed by atoms with E-state index in [1.165, 1.54) is 0 Å². The van der Waals surface area contributed by atoms with Gasteiger partial charge in [0.05, 0.1) is 0 Å². The number of hydrogen-bond acceptors (Lipinski definition) is 4. The summed E-state index contributed by atoms with van der Waals surface area (Å²) >= 11 is 0. The minimum atomic E-state index is 0.0769. The number of rotatable bonds is 5. The van der Waals surface area contributed by atoms with Gasteiger partial charge in [0, 0.05) is 38.8 Å². The van der Waals surface area contributed by atoms with Crippen LogP contribution in [0.4, 0.5) is 0 Å². The van der Waals surface area contributed by atoms with Crippen molar-refractivity contribution in [2.45, 2.75) is 19.9 Å². The third-order valence-electron chi connectivity index (χ3n) is 3.99. The molecule has 1 aliphatic rings. The van der Waals surface area contributed by atoms with Gasteiger partial charge in [-0.15, -0.1) is 0 Å². The van der Waals surface area contributed by atoms with Crippen LogP contribution in [-0.4, -0.2) is 56.2 Å². The first-order valence-electron chi connectivity index (χ1n) is 7.46. The predicted octanol–water partition coefficient (Wildman–Crippen LogP) is 1.64. The Labute approximate surface area is 122 Å². The number of benzene rings is 1. The topological polar surface area (TPSA) is 41.7 Å². The first-order valence-corrected chi connectivity index (χ1v) is 7.46. The SMILES string of the molecule is Cc1cc(C(C)N)ccc1OCCN1CCN(C)CC1. The van der Waals surface area contributed by atoms with Gasteiger partial charge in [-0.25, -0.2) is 0 Å². The summed E-state index contributed by atoms with van der Waals surface area (Å²) in [5, 5.41) is 0. The molecule has 0 saturated carbocycles. The molecule has 1 fully saturated rings. The van der Waals surface area contributed by atoms with E-state index in [2.05, 4.69) is 35.9 Å². The lowest BCUT2D eigenvalue weighted by molar-refractivity contribution is 0.133. The molecule has 20 heavy (non-hydrogen) atoms. The van der Waals surface area contributed by atoms with Gasteiger partial charge in [-0.3, -0.25) is 4.90 Å². The molecule has 1 saturated heterocycles. The molecule has 0 spiro atoms. The second-order valence-electron chi connectivity index (χ2n) is 5.81. The molecule has 112 valence electrons. The molecule has 0 bridgehead atoms. The summed E-state index contributed by atoms with van der Waals surface area (Å²) < 4.78 is 5.91. The van der Waals surface area contributed by atoms with E-state index in [9.17, 15) is 0 Å². The average Bonchev–Trinajstić information content (AvgIpc) is 2.42. The molecule has 1 atom stereocenters. The van der Waals surface area contributed by atoms with Gasteiger partial charge < -0.3 is 15.4 Å². The number of piperazine rings is 1.